The number of H-pyrrole nitrogens is 2. The van der Waals surface area contributed by atoms with Crippen molar-refractivity contribution in [2.24, 2.45) is 0 Å². The largest absolute Gasteiger partial charge is 0.375 e. The Morgan fingerprint density at radius 2 is 2.00 bits per heavy atom. The average molecular weight is 266 g/mol. The van der Waals surface area contributed by atoms with E-state index in [0.717, 1.165) is 5.52 Å². The number of carbonyl (C=O) groups excluding carboxylic acids is 1. The van der Waals surface area contributed by atoms with E-state index in [9.17, 15) is 4.79 Å². The fourth-order valence-electron chi connectivity index (χ4n) is 1.44. The lowest BCUT2D eigenvalue weighted by Gasteiger charge is -2.16. The summed E-state index contributed by atoms with van der Waals surface area (Å²) in [6.07, 6.45) is 0. The van der Waals surface area contributed by atoms with Gasteiger partial charge in [-0.15, -0.1) is 0 Å². The molecule has 2 rings (SSSR count). The maximum atomic E-state index is 11.9. The van der Waals surface area contributed by atoms with Crippen LogP contribution in [0.1, 0.15) is 31.1 Å². The van der Waals surface area contributed by atoms with Crippen LogP contribution in [-0.4, -0.2) is 21.5 Å². The number of aromatic nitrogens is 2. The molecule has 0 spiro atoms. The number of fused-ring (bicyclic) bond motifs is 1. The van der Waals surface area contributed by atoms with Crippen LogP contribution in [-0.2, 0) is 9.78 Å². The third-order valence-electron chi connectivity index (χ3n) is 2.14. The third kappa shape index (κ3) is 2.77. The Bertz CT molecular complexity index is 637. The zero-order chi connectivity index (χ0) is 13.3. The minimum absolute atomic E-state index is 0.379. The number of hydrogen-bond acceptors (Lipinski definition) is 4. The van der Waals surface area contributed by atoms with Crippen LogP contribution in [0.3, 0.4) is 0 Å². The summed E-state index contributed by atoms with van der Waals surface area (Å²) < 4.78 is 0.460. The van der Waals surface area contributed by atoms with Gasteiger partial charge in [0.25, 0.3) is 0 Å². The number of hydrogen-bond donors (Lipinski definition) is 2. The molecule has 1 aromatic carbocycles. The van der Waals surface area contributed by atoms with Crippen LogP contribution < -0.4 is 0 Å². The molecule has 1 heterocycles. The molecule has 0 amide bonds. The Labute approximate surface area is 109 Å². The fraction of sp³-hybridized carbons (Fsp3) is 0.333. The van der Waals surface area contributed by atoms with E-state index in [1.807, 2.05) is 6.07 Å². The van der Waals surface area contributed by atoms with Gasteiger partial charge in [0, 0.05) is 0 Å². The second kappa shape index (κ2) is 4.55. The Hall–Kier alpha value is -1.66. The lowest BCUT2D eigenvalue weighted by atomic mass is 10.2. The highest BCUT2D eigenvalue weighted by atomic mass is 32.1. The van der Waals surface area contributed by atoms with Crippen LogP contribution in [0.15, 0.2) is 18.2 Å². The highest BCUT2D eigenvalue weighted by molar-refractivity contribution is 7.71. The van der Waals surface area contributed by atoms with Gasteiger partial charge in [-0.3, -0.25) is 4.89 Å². The lowest BCUT2D eigenvalue weighted by molar-refractivity contribution is -0.301. The minimum atomic E-state index is -0.555. The first kappa shape index (κ1) is 12.8. The number of imidazole rings is 1. The van der Waals surface area contributed by atoms with E-state index in [-0.39, 0.29) is 0 Å². The SMILES string of the molecule is CC(C)(C)OOC(=O)c1cccc2[nH]c(=S)[nH]c12. The second-order valence-electron chi connectivity index (χ2n) is 4.87. The minimum Gasteiger partial charge on any atom is -0.331 e. The van der Waals surface area contributed by atoms with Gasteiger partial charge in [0.15, 0.2) is 4.77 Å². The summed E-state index contributed by atoms with van der Waals surface area (Å²) in [4.78, 5) is 27.5. The Kier molecular flexibility index (Phi) is 3.23. The van der Waals surface area contributed by atoms with Crippen molar-refractivity contribution in [2.45, 2.75) is 26.4 Å². The number of carbonyl (C=O) groups is 1. The van der Waals surface area contributed by atoms with Gasteiger partial charge in [-0.05, 0) is 45.1 Å². The molecule has 0 aliphatic carbocycles. The molecule has 6 heteroatoms. The van der Waals surface area contributed by atoms with E-state index in [1.54, 1.807) is 32.9 Å². The molecule has 0 radical (unpaired) electrons. The molecule has 0 fully saturated rings. The molecule has 0 aliphatic rings. The third-order valence-corrected chi connectivity index (χ3v) is 2.34. The maximum Gasteiger partial charge on any atom is 0.375 e. The standard InChI is InChI=1S/C12H14N2O3S/c1-12(2,3)17-16-10(15)7-5-4-6-8-9(7)14-11(18)13-8/h4-6H,1-3H3,(H2,13,14,18). The van der Waals surface area contributed by atoms with Crippen molar-refractivity contribution in [1.29, 1.82) is 0 Å². The number of nitrogens with one attached hydrogen (secondary N) is 2. The first-order chi connectivity index (χ1) is 8.37. The van der Waals surface area contributed by atoms with Crippen LogP contribution in [0.5, 0.6) is 0 Å². The van der Waals surface area contributed by atoms with Crippen molar-refractivity contribution in [1.82, 2.24) is 9.97 Å². The van der Waals surface area contributed by atoms with E-state index in [0.29, 0.717) is 15.9 Å². The maximum absolute atomic E-state index is 11.9. The molecule has 0 atom stereocenters. The Balaban J connectivity index is 2.30. The zero-order valence-corrected chi connectivity index (χ0v) is 11.2. The highest BCUT2D eigenvalue weighted by Gasteiger charge is 2.18. The summed E-state index contributed by atoms with van der Waals surface area (Å²) in [5, 5.41) is 0. The fourth-order valence-corrected chi connectivity index (χ4v) is 1.65. The van der Waals surface area contributed by atoms with Gasteiger partial charge in [-0.2, -0.15) is 4.89 Å². The van der Waals surface area contributed by atoms with Crippen molar-refractivity contribution in [3.05, 3.63) is 28.5 Å². The predicted octanol–water partition coefficient (Wildman–Crippen LogP) is 3.11. The van der Waals surface area contributed by atoms with Crippen molar-refractivity contribution in [2.75, 3.05) is 0 Å². The first-order valence-electron chi connectivity index (χ1n) is 5.48. The molecular weight excluding hydrogens is 252 g/mol. The van der Waals surface area contributed by atoms with Crippen molar-refractivity contribution >= 4 is 29.2 Å². The molecule has 0 aliphatic heterocycles. The van der Waals surface area contributed by atoms with Gasteiger partial charge < -0.3 is 9.97 Å². The summed E-state index contributed by atoms with van der Waals surface area (Å²) >= 11 is 4.99. The predicted molar refractivity (Wildman–Crippen MR) is 69.7 cm³/mol. The number of para-hydroxylation sites is 1. The van der Waals surface area contributed by atoms with Crippen molar-refractivity contribution in [3.63, 3.8) is 0 Å². The first-order valence-corrected chi connectivity index (χ1v) is 5.89. The van der Waals surface area contributed by atoms with Gasteiger partial charge >= 0.3 is 5.97 Å². The van der Waals surface area contributed by atoms with E-state index in [1.165, 1.54) is 0 Å². The molecule has 5 nitrogen and oxygen atoms in total. The molecule has 96 valence electrons. The molecule has 18 heavy (non-hydrogen) atoms. The van der Waals surface area contributed by atoms with Crippen LogP contribution >= 0.6 is 12.2 Å². The van der Waals surface area contributed by atoms with E-state index >= 15 is 0 Å². The van der Waals surface area contributed by atoms with Gasteiger partial charge in [0.2, 0.25) is 0 Å². The monoisotopic (exact) mass is 266 g/mol. The van der Waals surface area contributed by atoms with Gasteiger partial charge in [-0.25, -0.2) is 4.79 Å². The summed E-state index contributed by atoms with van der Waals surface area (Å²) in [7, 11) is 0. The number of rotatable bonds is 2. The van der Waals surface area contributed by atoms with Gasteiger partial charge in [0.05, 0.1) is 16.6 Å². The Morgan fingerprint density at radius 1 is 1.28 bits per heavy atom. The van der Waals surface area contributed by atoms with E-state index in [2.05, 4.69) is 9.97 Å². The van der Waals surface area contributed by atoms with Crippen LogP contribution in [0.25, 0.3) is 11.0 Å². The topological polar surface area (TPSA) is 67.1 Å². The normalized spacial score (nSPS) is 11.7. The van der Waals surface area contributed by atoms with Gasteiger partial charge in [-0.1, -0.05) is 6.07 Å². The molecule has 2 N–H and O–H groups in total. The smallest absolute Gasteiger partial charge is 0.331 e. The summed E-state index contributed by atoms with van der Waals surface area (Å²) in [5.41, 5.74) is 1.20. The van der Waals surface area contributed by atoms with E-state index < -0.39 is 11.6 Å². The number of aromatic amines is 2. The van der Waals surface area contributed by atoms with Crippen molar-refractivity contribution < 1.29 is 14.6 Å². The summed E-state index contributed by atoms with van der Waals surface area (Å²) in [5.74, 6) is -0.555. The molecule has 1 aromatic heterocycles. The Morgan fingerprint density at radius 3 is 2.67 bits per heavy atom. The van der Waals surface area contributed by atoms with Crippen LogP contribution in [0.2, 0.25) is 0 Å². The lowest BCUT2D eigenvalue weighted by Crippen LogP contribution is -2.22. The summed E-state index contributed by atoms with van der Waals surface area (Å²) in [6, 6.07) is 5.22. The second-order valence-corrected chi connectivity index (χ2v) is 5.28. The van der Waals surface area contributed by atoms with Crippen molar-refractivity contribution in [3.8, 4) is 0 Å². The molecule has 0 bridgehead atoms. The molecule has 0 unspecified atom stereocenters. The van der Waals surface area contributed by atoms with Gasteiger partial charge in [0.1, 0.15) is 5.60 Å². The quantitative estimate of drug-likeness (QED) is 0.498. The summed E-state index contributed by atoms with van der Waals surface area (Å²) in [6.45, 7) is 5.39. The zero-order valence-electron chi connectivity index (χ0n) is 10.4. The molecule has 2 aromatic rings. The molecule has 0 saturated heterocycles. The van der Waals surface area contributed by atoms with Crippen LogP contribution in [0, 0.1) is 4.77 Å². The highest BCUT2D eigenvalue weighted by Crippen LogP contribution is 2.17. The molecular formula is C12H14N2O3S. The average Bonchev–Trinajstić information content (AvgIpc) is 2.64. The number of benzene rings is 1. The van der Waals surface area contributed by atoms with Crippen LogP contribution in [0.4, 0.5) is 0 Å². The van der Waals surface area contributed by atoms with E-state index in [4.69, 9.17) is 22.0 Å². The molecule has 0 saturated carbocycles.